The Kier molecular flexibility index (Phi) is 9.08. The number of halogens is 1. The lowest BCUT2D eigenvalue weighted by molar-refractivity contribution is -0.0366. The van der Waals surface area contributed by atoms with Crippen LogP contribution in [0.15, 0.2) is 53.6 Å². The highest BCUT2D eigenvalue weighted by molar-refractivity contribution is 5.89. The second kappa shape index (κ2) is 13.1. The van der Waals surface area contributed by atoms with Crippen molar-refractivity contribution in [2.24, 2.45) is 7.05 Å². The number of carbonyl (C=O) groups is 1. The van der Waals surface area contributed by atoms with Gasteiger partial charge in [-0.25, -0.2) is 14.2 Å². The first kappa shape index (κ1) is 32.6. The van der Waals surface area contributed by atoms with E-state index in [9.17, 15) is 19.1 Å². The summed E-state index contributed by atoms with van der Waals surface area (Å²) in [5.41, 5.74) is 2.75. The number of aryl methyl sites for hydroxylation is 1. The molecule has 0 spiro atoms. The van der Waals surface area contributed by atoms with E-state index in [1.54, 1.807) is 17.8 Å². The van der Waals surface area contributed by atoms with Crippen LogP contribution in [-0.4, -0.2) is 72.8 Å². The Morgan fingerprint density at radius 2 is 1.74 bits per heavy atom. The molecule has 2 N–H and O–H groups in total. The van der Waals surface area contributed by atoms with Crippen molar-refractivity contribution < 1.29 is 19.0 Å². The molecular weight excluding hydrogens is 601 g/mol. The van der Waals surface area contributed by atoms with Crippen molar-refractivity contribution in [3.05, 3.63) is 76.1 Å². The summed E-state index contributed by atoms with van der Waals surface area (Å²) >= 11 is 0. The van der Waals surface area contributed by atoms with Gasteiger partial charge in [0.25, 0.3) is 5.56 Å². The molecule has 2 aliphatic rings. The second-order valence-electron chi connectivity index (χ2n) is 13.9. The Bertz CT molecular complexity index is 1800. The van der Waals surface area contributed by atoms with E-state index in [4.69, 9.17) is 4.74 Å². The van der Waals surface area contributed by atoms with Crippen LogP contribution in [0.5, 0.6) is 0 Å². The van der Waals surface area contributed by atoms with Gasteiger partial charge in [-0.05, 0) is 64.2 Å². The van der Waals surface area contributed by atoms with Gasteiger partial charge in [-0.3, -0.25) is 18.9 Å². The molecule has 0 aliphatic carbocycles. The third-order valence-corrected chi connectivity index (χ3v) is 9.03. The number of nitrogens with one attached hydrogen (secondary N) is 1. The minimum atomic E-state index is -1.09. The van der Waals surface area contributed by atoms with E-state index in [2.05, 4.69) is 25.2 Å². The number of anilines is 1. The van der Waals surface area contributed by atoms with Gasteiger partial charge in [0.15, 0.2) is 5.52 Å². The number of amides is 1. The van der Waals surface area contributed by atoms with Gasteiger partial charge in [0.1, 0.15) is 16.9 Å². The van der Waals surface area contributed by atoms with Gasteiger partial charge in [-0.15, -0.1) is 0 Å². The molecule has 250 valence electrons. The van der Waals surface area contributed by atoms with Crippen LogP contribution in [0.25, 0.3) is 22.3 Å². The van der Waals surface area contributed by atoms with Gasteiger partial charge in [0.2, 0.25) is 0 Å². The normalized spacial score (nSPS) is 16.9. The Morgan fingerprint density at radius 3 is 2.40 bits per heavy atom. The fourth-order valence-corrected chi connectivity index (χ4v) is 6.48. The fraction of sp³-hybridized carbons (Fsp3) is 0.486. The largest absolute Gasteiger partial charge is 0.444 e. The molecule has 1 amide bonds. The summed E-state index contributed by atoms with van der Waals surface area (Å²) in [4.78, 5) is 34.5. The highest BCUT2D eigenvalue weighted by Crippen LogP contribution is 2.29. The lowest BCUT2D eigenvalue weighted by Crippen LogP contribution is -2.47. The first-order valence-electron chi connectivity index (χ1n) is 16.3. The van der Waals surface area contributed by atoms with Crippen LogP contribution < -0.4 is 15.8 Å². The predicted molar refractivity (Wildman–Crippen MR) is 179 cm³/mol. The van der Waals surface area contributed by atoms with E-state index in [-0.39, 0.29) is 23.4 Å². The third kappa shape index (κ3) is 7.49. The minimum Gasteiger partial charge on any atom is -0.444 e. The second-order valence-corrected chi connectivity index (χ2v) is 13.9. The van der Waals surface area contributed by atoms with Crippen molar-refractivity contribution >= 4 is 22.8 Å². The molecule has 0 bridgehead atoms. The zero-order chi connectivity index (χ0) is 33.3. The zero-order valence-electron chi connectivity index (χ0n) is 27.6. The molecule has 6 rings (SSSR count). The maximum Gasteiger partial charge on any atom is 0.407 e. The topological polar surface area (TPSA) is 118 Å². The molecule has 2 aliphatic heterocycles. The summed E-state index contributed by atoms with van der Waals surface area (Å²) in [7, 11) is 1.77. The van der Waals surface area contributed by atoms with Crippen LogP contribution in [0.4, 0.5) is 14.9 Å². The summed E-state index contributed by atoms with van der Waals surface area (Å²) in [5.74, 6) is -0.193. The molecule has 0 atom stereocenters. The van der Waals surface area contributed by atoms with Crippen LogP contribution in [0.3, 0.4) is 0 Å². The zero-order valence-corrected chi connectivity index (χ0v) is 27.6. The quantitative estimate of drug-likeness (QED) is 0.286. The van der Waals surface area contributed by atoms with E-state index in [1.807, 2.05) is 57.2 Å². The summed E-state index contributed by atoms with van der Waals surface area (Å²) in [5, 5.41) is 18.7. The number of likely N-dealkylation sites (tertiary alicyclic amines) is 1. The summed E-state index contributed by atoms with van der Waals surface area (Å²) < 4.78 is 23.3. The number of rotatable bonds is 8. The lowest BCUT2D eigenvalue weighted by Gasteiger charge is -2.38. The van der Waals surface area contributed by atoms with Gasteiger partial charge in [0, 0.05) is 63.1 Å². The van der Waals surface area contributed by atoms with Gasteiger partial charge in [0.05, 0.1) is 24.2 Å². The number of ether oxygens (including phenoxy) is 1. The van der Waals surface area contributed by atoms with Gasteiger partial charge in [-0.2, -0.15) is 5.10 Å². The van der Waals surface area contributed by atoms with Gasteiger partial charge < -0.3 is 20.1 Å². The van der Waals surface area contributed by atoms with Gasteiger partial charge in [-0.1, -0.05) is 30.3 Å². The molecule has 12 heteroatoms. The van der Waals surface area contributed by atoms with Crippen molar-refractivity contribution in [3.8, 4) is 11.3 Å². The first-order chi connectivity index (χ1) is 22.4. The maximum atomic E-state index is 15.0. The lowest BCUT2D eigenvalue weighted by atomic mass is 9.91. The maximum absolute atomic E-state index is 15.0. The molecule has 2 aromatic heterocycles. The summed E-state index contributed by atoms with van der Waals surface area (Å²) in [6.07, 6.45) is 4.19. The van der Waals surface area contributed by atoms with Crippen molar-refractivity contribution in [1.82, 2.24) is 29.5 Å². The smallest absolute Gasteiger partial charge is 0.407 e. The van der Waals surface area contributed by atoms with Crippen LogP contribution in [0, 0.1) is 5.82 Å². The number of aromatic nitrogens is 4. The van der Waals surface area contributed by atoms with Crippen LogP contribution in [0.1, 0.15) is 57.6 Å². The number of aliphatic hydroxyl groups is 1. The SMILES string of the molecule is Cn1nc2c(=O)n(CC3(O)CCN(Cc4ccc(N5CCCC5)cc4F)CC3)cnc2c1-c1ccc(CNC(=O)OC(C)(C)C)cc1. The molecule has 2 aromatic carbocycles. The Balaban J connectivity index is 1.09. The average molecular weight is 646 g/mol. The number of fused-ring (bicyclic) bond motifs is 1. The van der Waals surface area contributed by atoms with E-state index in [0.29, 0.717) is 55.8 Å². The highest BCUT2D eigenvalue weighted by Gasteiger charge is 2.34. The monoisotopic (exact) mass is 645 g/mol. The van der Waals surface area contributed by atoms with Crippen LogP contribution >= 0.6 is 0 Å². The third-order valence-electron chi connectivity index (χ3n) is 9.03. The van der Waals surface area contributed by atoms with Gasteiger partial charge >= 0.3 is 6.09 Å². The molecule has 4 heterocycles. The van der Waals surface area contributed by atoms with Crippen LogP contribution in [-0.2, 0) is 31.4 Å². The van der Waals surface area contributed by atoms with Crippen molar-refractivity contribution in [2.45, 2.75) is 77.3 Å². The highest BCUT2D eigenvalue weighted by atomic mass is 19.1. The predicted octanol–water partition coefficient (Wildman–Crippen LogP) is 4.59. The standard InChI is InChI=1S/C35H44FN7O4/c1-34(2,3)47-33(45)37-20-24-7-9-25(10-8-24)31-29-30(39-40(31)4)32(44)43(23-38-29)22-35(46)13-17-41(18-14-35)21-26-11-12-27(19-28(26)36)42-15-5-6-16-42/h7-12,19,23,46H,5-6,13-18,20-22H2,1-4H3,(H,37,45). The Morgan fingerprint density at radius 1 is 1.04 bits per heavy atom. The Hall–Kier alpha value is -4.29. The fourth-order valence-electron chi connectivity index (χ4n) is 6.48. The molecule has 0 saturated carbocycles. The minimum absolute atomic E-state index is 0.104. The number of nitrogens with zero attached hydrogens (tertiary/aromatic N) is 6. The van der Waals surface area contributed by atoms with E-state index >= 15 is 0 Å². The molecule has 4 aromatic rings. The number of piperidine rings is 1. The van der Waals surface area contributed by atoms with Crippen molar-refractivity contribution in [1.29, 1.82) is 0 Å². The number of alkyl carbamates (subject to hydrolysis) is 1. The van der Waals surface area contributed by atoms with E-state index < -0.39 is 17.3 Å². The summed E-state index contributed by atoms with van der Waals surface area (Å²) in [6.45, 7) is 9.46. The Labute approximate surface area is 274 Å². The molecule has 2 saturated heterocycles. The van der Waals surface area contributed by atoms with E-state index in [1.165, 1.54) is 10.9 Å². The molecule has 0 unspecified atom stereocenters. The van der Waals surface area contributed by atoms with E-state index in [0.717, 1.165) is 42.7 Å². The molecule has 11 nitrogen and oxygen atoms in total. The number of hydrogen-bond acceptors (Lipinski definition) is 8. The average Bonchev–Trinajstić information content (AvgIpc) is 3.68. The number of carbonyl (C=O) groups excluding carboxylic acids is 1. The van der Waals surface area contributed by atoms with Crippen LogP contribution in [0.2, 0.25) is 0 Å². The number of benzene rings is 2. The number of hydrogen-bond donors (Lipinski definition) is 2. The summed E-state index contributed by atoms with van der Waals surface area (Å²) in [6, 6.07) is 13.1. The molecule has 47 heavy (non-hydrogen) atoms. The van der Waals surface area contributed by atoms with Crippen molar-refractivity contribution in [3.63, 3.8) is 0 Å². The molecule has 2 fully saturated rings. The first-order valence-corrected chi connectivity index (χ1v) is 16.3. The molecular formula is C35H44FN7O4. The molecule has 0 radical (unpaired) electrons. The van der Waals surface area contributed by atoms with Crippen molar-refractivity contribution in [2.75, 3.05) is 31.1 Å².